The van der Waals surface area contributed by atoms with Crippen LogP contribution in [0.3, 0.4) is 0 Å². The van der Waals surface area contributed by atoms with Crippen molar-refractivity contribution in [2.24, 2.45) is 5.73 Å². The number of rotatable bonds is 7. The lowest BCUT2D eigenvalue weighted by atomic mass is 10.1. The van der Waals surface area contributed by atoms with E-state index in [1.165, 1.54) is 0 Å². The fraction of sp³-hybridized carbons (Fsp3) is 0.529. The van der Waals surface area contributed by atoms with Crippen molar-refractivity contribution in [1.82, 2.24) is 15.1 Å². The molecule has 10 heteroatoms. The van der Waals surface area contributed by atoms with Crippen LogP contribution in [0.4, 0.5) is 0 Å². The summed E-state index contributed by atoms with van der Waals surface area (Å²) >= 11 is 0. The fourth-order valence-electron chi connectivity index (χ4n) is 2.73. The van der Waals surface area contributed by atoms with E-state index >= 15 is 0 Å². The maximum Gasteiger partial charge on any atom is 0.242 e. The quantitative estimate of drug-likeness (QED) is 0.654. The predicted octanol–water partition coefficient (Wildman–Crippen LogP) is 0.267. The standard InChI is InChI=1S/C17H26N4O4.2ClH/c1-24-14-7-13(8-15(9-14)25-2)12-20-3-5-21(6-4-20)17(23)11-19-16(22)10-18;;/h7-9H,3-6,10-12,18H2,1-2H3,(H,19,22);2*1H. The average Bonchev–Trinajstić information content (AvgIpc) is 2.65. The number of carbonyl (C=O) groups excluding carboxylic acids is 2. The summed E-state index contributed by atoms with van der Waals surface area (Å²) in [4.78, 5) is 27.2. The summed E-state index contributed by atoms with van der Waals surface area (Å²) in [6.45, 7) is 3.48. The van der Waals surface area contributed by atoms with Crippen molar-refractivity contribution in [3.05, 3.63) is 23.8 Å². The number of hydrogen-bond acceptors (Lipinski definition) is 6. The Kier molecular flexibility index (Phi) is 11.8. The highest BCUT2D eigenvalue weighted by Gasteiger charge is 2.21. The molecule has 0 radical (unpaired) electrons. The maximum atomic E-state index is 12.1. The number of methoxy groups -OCH3 is 2. The second kappa shape index (κ2) is 12.6. The van der Waals surface area contributed by atoms with Gasteiger partial charge in [-0.25, -0.2) is 0 Å². The molecule has 1 aromatic rings. The number of hydrogen-bond donors (Lipinski definition) is 2. The Morgan fingerprint density at radius 2 is 1.59 bits per heavy atom. The van der Waals surface area contributed by atoms with E-state index in [0.29, 0.717) is 13.1 Å². The van der Waals surface area contributed by atoms with Crippen LogP contribution in [0, 0.1) is 0 Å². The lowest BCUT2D eigenvalue weighted by Crippen LogP contribution is -2.51. The highest BCUT2D eigenvalue weighted by atomic mass is 35.5. The summed E-state index contributed by atoms with van der Waals surface area (Å²) in [7, 11) is 3.26. The van der Waals surface area contributed by atoms with Gasteiger partial charge in [0.1, 0.15) is 11.5 Å². The zero-order valence-corrected chi connectivity index (χ0v) is 17.2. The van der Waals surface area contributed by atoms with Gasteiger partial charge in [-0.15, -0.1) is 24.8 Å². The number of nitrogens with two attached hydrogens (primary N) is 1. The van der Waals surface area contributed by atoms with Crippen molar-refractivity contribution in [1.29, 1.82) is 0 Å². The Bertz CT molecular complexity index is 588. The van der Waals surface area contributed by atoms with Crippen LogP contribution in [-0.2, 0) is 16.1 Å². The molecule has 1 heterocycles. The molecule has 0 bridgehead atoms. The molecule has 0 atom stereocenters. The van der Waals surface area contributed by atoms with Crippen molar-refractivity contribution in [2.45, 2.75) is 6.54 Å². The third-order valence-electron chi connectivity index (χ3n) is 4.16. The number of nitrogens with one attached hydrogen (secondary N) is 1. The molecule has 0 aliphatic carbocycles. The van der Waals surface area contributed by atoms with Gasteiger partial charge in [0.2, 0.25) is 11.8 Å². The first-order chi connectivity index (χ1) is 12.0. The Labute approximate surface area is 172 Å². The van der Waals surface area contributed by atoms with Gasteiger partial charge in [-0.05, 0) is 17.7 Å². The van der Waals surface area contributed by atoms with Crippen LogP contribution >= 0.6 is 24.8 Å². The van der Waals surface area contributed by atoms with Gasteiger partial charge in [-0.2, -0.15) is 0 Å². The van der Waals surface area contributed by atoms with Crippen LogP contribution in [0.2, 0.25) is 0 Å². The van der Waals surface area contributed by atoms with Crippen LogP contribution in [0.1, 0.15) is 5.56 Å². The zero-order chi connectivity index (χ0) is 18.2. The molecule has 0 saturated carbocycles. The molecule has 27 heavy (non-hydrogen) atoms. The first kappa shape index (κ1) is 25.3. The third kappa shape index (κ3) is 7.80. The van der Waals surface area contributed by atoms with Gasteiger partial charge in [0.05, 0.1) is 27.3 Å². The molecule has 1 aliphatic rings. The predicted molar refractivity (Wildman–Crippen MR) is 108 cm³/mol. The van der Waals surface area contributed by atoms with Crippen LogP contribution in [0.25, 0.3) is 0 Å². The third-order valence-corrected chi connectivity index (χ3v) is 4.16. The molecule has 1 aliphatic heterocycles. The summed E-state index contributed by atoms with van der Waals surface area (Å²) in [5.41, 5.74) is 6.31. The van der Waals surface area contributed by atoms with Crippen LogP contribution in [0.5, 0.6) is 11.5 Å². The Morgan fingerprint density at radius 1 is 1.04 bits per heavy atom. The highest BCUT2D eigenvalue weighted by molar-refractivity contribution is 5.86. The van der Waals surface area contributed by atoms with E-state index in [-0.39, 0.29) is 49.7 Å². The van der Waals surface area contributed by atoms with Gasteiger partial charge >= 0.3 is 0 Å². The molecule has 154 valence electrons. The fourth-order valence-corrected chi connectivity index (χ4v) is 2.73. The first-order valence-corrected chi connectivity index (χ1v) is 8.24. The van der Waals surface area contributed by atoms with Crippen LogP contribution in [0.15, 0.2) is 18.2 Å². The minimum atomic E-state index is -0.320. The summed E-state index contributed by atoms with van der Waals surface area (Å²) in [5, 5.41) is 2.51. The second-order valence-corrected chi connectivity index (χ2v) is 5.86. The second-order valence-electron chi connectivity index (χ2n) is 5.86. The van der Waals surface area contributed by atoms with Crippen molar-refractivity contribution in [2.75, 3.05) is 53.5 Å². The van der Waals surface area contributed by atoms with Gasteiger partial charge in [0.15, 0.2) is 0 Å². The number of piperazine rings is 1. The summed E-state index contributed by atoms with van der Waals surface area (Å²) < 4.78 is 10.6. The molecular weight excluding hydrogens is 395 g/mol. The molecule has 8 nitrogen and oxygen atoms in total. The van der Waals surface area contributed by atoms with Crippen LogP contribution in [-0.4, -0.2) is 75.1 Å². The average molecular weight is 423 g/mol. The first-order valence-electron chi connectivity index (χ1n) is 8.24. The van der Waals surface area contributed by atoms with Crippen LogP contribution < -0.4 is 20.5 Å². The van der Waals surface area contributed by atoms with E-state index in [2.05, 4.69) is 10.2 Å². The van der Waals surface area contributed by atoms with Crippen molar-refractivity contribution in [3.63, 3.8) is 0 Å². The Balaban J connectivity index is 0.00000338. The Hall–Kier alpha value is -1.74. The van der Waals surface area contributed by atoms with E-state index in [1.54, 1.807) is 19.1 Å². The molecular formula is C17H28Cl2N4O4. The molecule has 0 unspecified atom stereocenters. The highest BCUT2D eigenvalue weighted by Crippen LogP contribution is 2.23. The zero-order valence-electron chi connectivity index (χ0n) is 15.6. The SMILES string of the molecule is COc1cc(CN2CCN(C(=O)CNC(=O)CN)CC2)cc(OC)c1.Cl.Cl. The topological polar surface area (TPSA) is 97.1 Å². The van der Waals surface area contributed by atoms with Gasteiger partial charge < -0.3 is 25.4 Å². The summed E-state index contributed by atoms with van der Waals surface area (Å²) in [6, 6.07) is 5.82. The van der Waals surface area contributed by atoms with Gasteiger partial charge in [-0.3, -0.25) is 14.5 Å². The molecule has 0 spiro atoms. The van der Waals surface area contributed by atoms with Crippen molar-refractivity contribution < 1.29 is 19.1 Å². The maximum absolute atomic E-state index is 12.1. The minimum absolute atomic E-state index is 0. The number of carbonyl (C=O) groups is 2. The number of nitrogens with zero attached hydrogens (tertiary/aromatic N) is 2. The minimum Gasteiger partial charge on any atom is -0.497 e. The lowest BCUT2D eigenvalue weighted by molar-refractivity contribution is -0.134. The smallest absolute Gasteiger partial charge is 0.242 e. The van der Waals surface area contributed by atoms with Gasteiger partial charge in [0, 0.05) is 38.8 Å². The van der Waals surface area contributed by atoms with E-state index in [0.717, 1.165) is 36.7 Å². The lowest BCUT2D eigenvalue weighted by Gasteiger charge is -2.34. The van der Waals surface area contributed by atoms with E-state index in [1.807, 2.05) is 18.2 Å². The Morgan fingerprint density at radius 3 is 2.07 bits per heavy atom. The molecule has 3 N–H and O–H groups in total. The summed E-state index contributed by atoms with van der Waals surface area (Å²) in [6.07, 6.45) is 0. The molecule has 2 amide bonds. The number of amides is 2. The summed E-state index contributed by atoms with van der Waals surface area (Å²) in [5.74, 6) is 1.13. The monoisotopic (exact) mass is 422 g/mol. The van der Waals surface area contributed by atoms with Gasteiger partial charge in [0.25, 0.3) is 0 Å². The van der Waals surface area contributed by atoms with E-state index in [9.17, 15) is 9.59 Å². The molecule has 0 aromatic heterocycles. The van der Waals surface area contributed by atoms with E-state index < -0.39 is 0 Å². The number of benzene rings is 1. The molecule has 1 aromatic carbocycles. The van der Waals surface area contributed by atoms with Crippen molar-refractivity contribution in [3.8, 4) is 11.5 Å². The number of halogens is 2. The number of ether oxygens (including phenoxy) is 2. The van der Waals surface area contributed by atoms with Crippen molar-refractivity contribution >= 4 is 36.6 Å². The molecule has 1 fully saturated rings. The largest absolute Gasteiger partial charge is 0.497 e. The normalized spacial score (nSPS) is 13.8. The van der Waals surface area contributed by atoms with E-state index in [4.69, 9.17) is 15.2 Å². The molecule has 2 rings (SSSR count). The molecule has 1 saturated heterocycles. The van der Waals surface area contributed by atoms with Gasteiger partial charge in [-0.1, -0.05) is 0 Å².